The van der Waals surface area contributed by atoms with Crippen molar-refractivity contribution in [3.05, 3.63) is 46.9 Å². The number of nitrogens with zero attached hydrogens (tertiary/aromatic N) is 3. The maximum absolute atomic E-state index is 12.7. The van der Waals surface area contributed by atoms with Crippen LogP contribution in [0.1, 0.15) is 28.9 Å². The Morgan fingerprint density at radius 2 is 2.13 bits per heavy atom. The van der Waals surface area contributed by atoms with Crippen molar-refractivity contribution >= 4 is 28.8 Å². The van der Waals surface area contributed by atoms with E-state index in [1.165, 1.54) is 11.3 Å². The van der Waals surface area contributed by atoms with E-state index in [1.54, 1.807) is 12.4 Å². The molecule has 2 atom stereocenters. The first-order valence-electron chi connectivity index (χ1n) is 7.82. The predicted molar refractivity (Wildman–Crippen MR) is 88.5 cm³/mol. The van der Waals surface area contributed by atoms with Crippen LogP contribution in [0.5, 0.6) is 0 Å². The monoisotopic (exact) mass is 327 g/mol. The summed E-state index contributed by atoms with van der Waals surface area (Å²) in [6, 6.07) is 7.68. The summed E-state index contributed by atoms with van der Waals surface area (Å²) in [5.41, 5.74) is 0.831. The Bertz CT molecular complexity index is 717. The number of piperidine rings is 1. The van der Waals surface area contributed by atoms with Crippen LogP contribution in [-0.4, -0.2) is 40.3 Å². The van der Waals surface area contributed by atoms with Crippen LogP contribution in [0.3, 0.4) is 0 Å². The van der Waals surface area contributed by atoms with E-state index < -0.39 is 0 Å². The molecule has 0 spiro atoms. The van der Waals surface area contributed by atoms with E-state index in [0.29, 0.717) is 13.0 Å². The zero-order chi connectivity index (χ0) is 15.8. The van der Waals surface area contributed by atoms with Gasteiger partial charge in [-0.05, 0) is 36.4 Å². The van der Waals surface area contributed by atoms with E-state index in [1.807, 2.05) is 39.4 Å². The van der Waals surface area contributed by atoms with Crippen molar-refractivity contribution in [3.8, 4) is 0 Å². The molecule has 0 N–H and O–H groups in total. The first-order chi connectivity index (χ1) is 11.3. The van der Waals surface area contributed by atoms with E-state index >= 15 is 0 Å². The Morgan fingerprint density at radius 1 is 1.22 bits per heavy atom. The second-order valence-electron chi connectivity index (χ2n) is 5.91. The van der Waals surface area contributed by atoms with Crippen molar-refractivity contribution in [2.24, 2.45) is 0 Å². The van der Waals surface area contributed by atoms with Gasteiger partial charge in [0.25, 0.3) is 5.91 Å². The highest BCUT2D eigenvalue weighted by Gasteiger charge is 2.45. The SMILES string of the molecule is O=C(c1cccs1)N1CC[C@@H]2[C@H]1CCC(=O)N2c1cccnc1. The van der Waals surface area contributed by atoms with Gasteiger partial charge >= 0.3 is 0 Å². The lowest BCUT2D eigenvalue weighted by Gasteiger charge is -2.39. The molecule has 2 aliphatic heterocycles. The van der Waals surface area contributed by atoms with Crippen LogP contribution < -0.4 is 4.90 Å². The summed E-state index contributed by atoms with van der Waals surface area (Å²) < 4.78 is 0. The van der Waals surface area contributed by atoms with Crippen LogP contribution in [0.15, 0.2) is 42.0 Å². The predicted octanol–water partition coefficient (Wildman–Crippen LogP) is 2.55. The van der Waals surface area contributed by atoms with Gasteiger partial charge in [-0.25, -0.2) is 0 Å². The number of carbonyl (C=O) groups excluding carboxylic acids is 2. The number of fused-ring (bicyclic) bond motifs is 1. The van der Waals surface area contributed by atoms with Crippen LogP contribution in [0.25, 0.3) is 0 Å². The van der Waals surface area contributed by atoms with E-state index in [2.05, 4.69) is 4.98 Å². The van der Waals surface area contributed by atoms with Crippen molar-refractivity contribution in [2.75, 3.05) is 11.4 Å². The Balaban J connectivity index is 1.62. The molecule has 6 heteroatoms. The summed E-state index contributed by atoms with van der Waals surface area (Å²) in [5, 5.41) is 1.92. The van der Waals surface area contributed by atoms with Crippen molar-refractivity contribution in [2.45, 2.75) is 31.3 Å². The zero-order valence-electron chi connectivity index (χ0n) is 12.6. The number of amides is 2. The second kappa shape index (κ2) is 5.77. The Morgan fingerprint density at radius 3 is 2.87 bits per heavy atom. The summed E-state index contributed by atoms with van der Waals surface area (Å²) >= 11 is 1.47. The third kappa shape index (κ3) is 2.43. The summed E-state index contributed by atoms with van der Waals surface area (Å²) in [5.74, 6) is 0.220. The fourth-order valence-corrected chi connectivity index (χ4v) is 4.37. The quantitative estimate of drug-likeness (QED) is 0.852. The smallest absolute Gasteiger partial charge is 0.264 e. The van der Waals surface area contributed by atoms with Gasteiger partial charge < -0.3 is 9.80 Å². The number of rotatable bonds is 2. The molecule has 4 heterocycles. The highest BCUT2D eigenvalue weighted by Crippen LogP contribution is 2.35. The second-order valence-corrected chi connectivity index (χ2v) is 6.86. The third-order valence-electron chi connectivity index (χ3n) is 4.68. The molecule has 0 bridgehead atoms. The minimum absolute atomic E-state index is 0.0596. The average Bonchev–Trinajstić information content (AvgIpc) is 3.24. The molecule has 0 aromatic carbocycles. The normalized spacial score (nSPS) is 23.9. The van der Waals surface area contributed by atoms with Gasteiger partial charge in [-0.15, -0.1) is 11.3 Å². The molecule has 23 heavy (non-hydrogen) atoms. The lowest BCUT2D eigenvalue weighted by Crippen LogP contribution is -2.53. The van der Waals surface area contributed by atoms with E-state index in [4.69, 9.17) is 0 Å². The molecule has 4 rings (SSSR count). The standard InChI is InChI=1S/C17H17N3O2S/c21-16-6-5-13-14(20(16)12-3-1-8-18-11-12)7-9-19(13)17(22)15-4-2-10-23-15/h1-4,8,10-11,13-14H,5-7,9H2/t13-,14-/m1/s1. The minimum Gasteiger partial charge on any atom is -0.333 e. The first kappa shape index (κ1) is 14.4. The van der Waals surface area contributed by atoms with Gasteiger partial charge in [0.1, 0.15) is 0 Å². The number of hydrogen-bond acceptors (Lipinski definition) is 4. The molecule has 2 fully saturated rings. The highest BCUT2D eigenvalue weighted by atomic mass is 32.1. The Hall–Kier alpha value is -2.21. The van der Waals surface area contributed by atoms with Crippen molar-refractivity contribution < 1.29 is 9.59 Å². The van der Waals surface area contributed by atoms with Crippen LogP contribution in [-0.2, 0) is 4.79 Å². The number of aromatic nitrogens is 1. The van der Waals surface area contributed by atoms with Gasteiger partial charge in [-0.3, -0.25) is 14.6 Å². The zero-order valence-corrected chi connectivity index (χ0v) is 13.4. The molecule has 2 aromatic rings. The minimum atomic E-state index is 0.0596. The molecule has 118 valence electrons. The number of likely N-dealkylation sites (tertiary alicyclic amines) is 1. The van der Waals surface area contributed by atoms with E-state index in [-0.39, 0.29) is 23.9 Å². The fourth-order valence-electron chi connectivity index (χ4n) is 3.69. The topological polar surface area (TPSA) is 53.5 Å². The van der Waals surface area contributed by atoms with Crippen LogP contribution in [0.2, 0.25) is 0 Å². The maximum Gasteiger partial charge on any atom is 0.264 e. The third-order valence-corrected chi connectivity index (χ3v) is 5.54. The Kier molecular flexibility index (Phi) is 3.61. The summed E-state index contributed by atoms with van der Waals surface area (Å²) in [4.78, 5) is 33.9. The van der Waals surface area contributed by atoms with Gasteiger partial charge in [-0.1, -0.05) is 6.07 Å². The van der Waals surface area contributed by atoms with E-state index in [0.717, 1.165) is 23.4 Å². The van der Waals surface area contributed by atoms with Crippen molar-refractivity contribution in [1.29, 1.82) is 0 Å². The number of thiophene rings is 1. The molecule has 0 unspecified atom stereocenters. The Labute approximate surface area is 138 Å². The van der Waals surface area contributed by atoms with Crippen molar-refractivity contribution in [3.63, 3.8) is 0 Å². The number of anilines is 1. The summed E-state index contributed by atoms with van der Waals surface area (Å²) in [6.07, 6.45) is 5.48. The maximum atomic E-state index is 12.7. The molecule has 2 aliphatic rings. The summed E-state index contributed by atoms with van der Waals surface area (Å²) in [6.45, 7) is 0.704. The van der Waals surface area contributed by atoms with Crippen LogP contribution in [0.4, 0.5) is 5.69 Å². The molecule has 0 aliphatic carbocycles. The molecular formula is C17H17N3O2S. The number of hydrogen-bond donors (Lipinski definition) is 0. The summed E-state index contributed by atoms with van der Waals surface area (Å²) in [7, 11) is 0. The van der Waals surface area contributed by atoms with Gasteiger partial charge in [0.2, 0.25) is 5.91 Å². The lowest BCUT2D eigenvalue weighted by atomic mass is 9.95. The highest BCUT2D eigenvalue weighted by molar-refractivity contribution is 7.12. The van der Waals surface area contributed by atoms with Crippen LogP contribution in [0, 0.1) is 0 Å². The molecule has 2 aromatic heterocycles. The van der Waals surface area contributed by atoms with Gasteiger partial charge in [0, 0.05) is 19.2 Å². The molecular weight excluding hydrogens is 310 g/mol. The molecule has 5 nitrogen and oxygen atoms in total. The molecule has 0 saturated carbocycles. The molecule has 0 radical (unpaired) electrons. The fraction of sp³-hybridized carbons (Fsp3) is 0.353. The number of carbonyl (C=O) groups is 2. The van der Waals surface area contributed by atoms with E-state index in [9.17, 15) is 9.59 Å². The molecule has 2 amide bonds. The van der Waals surface area contributed by atoms with Crippen LogP contribution >= 0.6 is 11.3 Å². The van der Waals surface area contributed by atoms with Gasteiger partial charge in [0.05, 0.1) is 28.8 Å². The van der Waals surface area contributed by atoms with Gasteiger partial charge in [0.15, 0.2) is 0 Å². The molecule has 2 saturated heterocycles. The largest absolute Gasteiger partial charge is 0.333 e. The van der Waals surface area contributed by atoms with Gasteiger partial charge in [-0.2, -0.15) is 0 Å². The first-order valence-corrected chi connectivity index (χ1v) is 8.70. The van der Waals surface area contributed by atoms with Crippen molar-refractivity contribution in [1.82, 2.24) is 9.88 Å². The number of pyridine rings is 1. The average molecular weight is 327 g/mol. The lowest BCUT2D eigenvalue weighted by molar-refractivity contribution is -0.120.